The number of hydrogen-bond acceptors (Lipinski definition) is 2. The molecule has 3 N–H and O–H groups in total. The summed E-state index contributed by atoms with van der Waals surface area (Å²) in [5, 5.41) is 8.41. The summed E-state index contributed by atoms with van der Waals surface area (Å²) in [6, 6.07) is 0.0856. The maximum absolute atomic E-state index is 10.2. The van der Waals surface area contributed by atoms with E-state index in [4.69, 9.17) is 10.8 Å². The van der Waals surface area contributed by atoms with Crippen molar-refractivity contribution in [3.05, 3.63) is 0 Å². The Labute approximate surface area is 53.2 Å². The van der Waals surface area contributed by atoms with Gasteiger partial charge in [-0.1, -0.05) is 0 Å². The highest BCUT2D eigenvalue weighted by atomic mass is 16.4. The van der Waals surface area contributed by atoms with Gasteiger partial charge in [0.05, 0.1) is 0 Å². The van der Waals surface area contributed by atoms with Gasteiger partial charge in [-0.15, -0.1) is 0 Å². The molecule has 0 spiro atoms. The highest BCUT2D eigenvalue weighted by molar-refractivity contribution is 5.66. The minimum absolute atomic E-state index is 0.0856. The summed E-state index contributed by atoms with van der Waals surface area (Å²) in [5.41, 5.74) is 5.26. The van der Waals surface area contributed by atoms with Crippen LogP contribution in [-0.2, 0) is 0 Å². The van der Waals surface area contributed by atoms with E-state index in [-0.39, 0.29) is 6.04 Å². The molecule has 0 aromatic heterocycles. The molecule has 0 aliphatic carbocycles. The Balaban J connectivity index is 2.35. The first kappa shape index (κ1) is 6.35. The Hall–Kier alpha value is -0.770. The molecule has 1 saturated heterocycles. The van der Waals surface area contributed by atoms with Crippen molar-refractivity contribution in [2.24, 2.45) is 5.73 Å². The first-order valence-corrected chi connectivity index (χ1v) is 2.95. The Morgan fingerprint density at radius 3 is 2.67 bits per heavy atom. The highest BCUT2D eigenvalue weighted by Crippen LogP contribution is 2.14. The van der Waals surface area contributed by atoms with E-state index in [1.165, 1.54) is 4.90 Å². The number of likely N-dealkylation sites (tertiary alicyclic amines) is 1. The molecule has 4 nitrogen and oxygen atoms in total. The van der Waals surface area contributed by atoms with Crippen LogP contribution in [0.2, 0.25) is 0 Å². The summed E-state index contributed by atoms with van der Waals surface area (Å²) in [6.07, 6.45) is 0.0692. The van der Waals surface area contributed by atoms with Crippen LogP contribution >= 0.6 is 0 Å². The van der Waals surface area contributed by atoms with Crippen molar-refractivity contribution in [1.29, 1.82) is 0 Å². The molecule has 1 aliphatic heterocycles. The SMILES string of the molecule is NCC1CCN1C(=O)O. The Kier molecular flexibility index (Phi) is 1.57. The number of carboxylic acid groups (broad SMARTS) is 1. The van der Waals surface area contributed by atoms with E-state index in [1.807, 2.05) is 0 Å². The van der Waals surface area contributed by atoms with Crippen molar-refractivity contribution in [3.63, 3.8) is 0 Å². The van der Waals surface area contributed by atoms with Crippen molar-refractivity contribution >= 4 is 6.09 Å². The fourth-order valence-electron chi connectivity index (χ4n) is 0.938. The minimum Gasteiger partial charge on any atom is -0.465 e. The van der Waals surface area contributed by atoms with Crippen LogP contribution in [0.1, 0.15) is 6.42 Å². The van der Waals surface area contributed by atoms with E-state index in [0.29, 0.717) is 13.1 Å². The molecule has 0 aromatic rings. The molecule has 0 bridgehead atoms. The second kappa shape index (κ2) is 2.23. The Morgan fingerprint density at radius 1 is 1.89 bits per heavy atom. The molecule has 1 rings (SSSR count). The maximum Gasteiger partial charge on any atom is 0.407 e. The quantitative estimate of drug-likeness (QED) is 0.512. The molecular formula is C5H10N2O2. The molecule has 0 saturated carbocycles. The molecule has 1 heterocycles. The van der Waals surface area contributed by atoms with Gasteiger partial charge in [0, 0.05) is 19.1 Å². The number of carbonyl (C=O) groups is 1. The normalized spacial score (nSPS) is 25.4. The number of nitrogens with zero attached hydrogens (tertiary/aromatic N) is 1. The zero-order valence-electron chi connectivity index (χ0n) is 5.08. The van der Waals surface area contributed by atoms with Gasteiger partial charge in [0.1, 0.15) is 0 Å². The summed E-state index contributed by atoms with van der Waals surface area (Å²) >= 11 is 0. The molecule has 52 valence electrons. The zero-order valence-corrected chi connectivity index (χ0v) is 5.08. The third-order valence-electron chi connectivity index (χ3n) is 1.66. The molecular weight excluding hydrogens is 120 g/mol. The molecule has 0 radical (unpaired) electrons. The zero-order chi connectivity index (χ0) is 6.85. The van der Waals surface area contributed by atoms with Crippen LogP contribution in [0.5, 0.6) is 0 Å². The lowest BCUT2D eigenvalue weighted by Gasteiger charge is -2.37. The minimum atomic E-state index is -0.850. The van der Waals surface area contributed by atoms with Crippen molar-refractivity contribution < 1.29 is 9.90 Å². The van der Waals surface area contributed by atoms with E-state index in [0.717, 1.165) is 6.42 Å². The van der Waals surface area contributed by atoms with Gasteiger partial charge < -0.3 is 15.7 Å². The third kappa shape index (κ3) is 0.977. The van der Waals surface area contributed by atoms with Gasteiger partial charge in [0.25, 0.3) is 0 Å². The van der Waals surface area contributed by atoms with Crippen LogP contribution in [0.3, 0.4) is 0 Å². The average Bonchev–Trinajstić information content (AvgIpc) is 1.61. The first-order chi connectivity index (χ1) is 4.25. The summed E-state index contributed by atoms with van der Waals surface area (Å²) in [6.45, 7) is 1.10. The number of hydrogen-bond donors (Lipinski definition) is 2. The smallest absolute Gasteiger partial charge is 0.407 e. The van der Waals surface area contributed by atoms with Crippen LogP contribution in [-0.4, -0.2) is 35.2 Å². The van der Waals surface area contributed by atoms with Gasteiger partial charge in [0.2, 0.25) is 0 Å². The predicted octanol–water partition coefficient (Wildman–Crippen LogP) is -0.303. The van der Waals surface area contributed by atoms with Gasteiger partial charge in [-0.2, -0.15) is 0 Å². The van der Waals surface area contributed by atoms with Crippen LogP contribution in [0.4, 0.5) is 4.79 Å². The standard InChI is InChI=1S/C5H10N2O2/c6-3-4-1-2-7(4)5(8)9/h4H,1-3,6H2,(H,8,9). The highest BCUT2D eigenvalue weighted by Gasteiger charge is 2.30. The summed E-state index contributed by atoms with van der Waals surface area (Å²) < 4.78 is 0. The van der Waals surface area contributed by atoms with Crippen LogP contribution in [0, 0.1) is 0 Å². The fourth-order valence-corrected chi connectivity index (χ4v) is 0.938. The van der Waals surface area contributed by atoms with E-state index in [9.17, 15) is 4.79 Å². The summed E-state index contributed by atoms with van der Waals surface area (Å²) in [5.74, 6) is 0. The van der Waals surface area contributed by atoms with Crippen molar-refractivity contribution in [3.8, 4) is 0 Å². The van der Waals surface area contributed by atoms with Crippen molar-refractivity contribution in [1.82, 2.24) is 4.90 Å². The third-order valence-corrected chi connectivity index (χ3v) is 1.66. The lowest BCUT2D eigenvalue weighted by atomic mass is 10.1. The lowest BCUT2D eigenvalue weighted by Crippen LogP contribution is -2.53. The topological polar surface area (TPSA) is 66.6 Å². The monoisotopic (exact) mass is 130 g/mol. The van der Waals surface area contributed by atoms with Gasteiger partial charge in [-0.3, -0.25) is 0 Å². The van der Waals surface area contributed by atoms with Crippen LogP contribution in [0.25, 0.3) is 0 Å². The second-order valence-corrected chi connectivity index (χ2v) is 2.15. The fraction of sp³-hybridized carbons (Fsp3) is 0.800. The summed E-state index contributed by atoms with van der Waals surface area (Å²) in [7, 11) is 0. The molecule has 1 atom stereocenters. The van der Waals surface area contributed by atoms with Crippen LogP contribution in [0.15, 0.2) is 0 Å². The molecule has 1 aliphatic rings. The van der Waals surface area contributed by atoms with Gasteiger partial charge in [0.15, 0.2) is 0 Å². The van der Waals surface area contributed by atoms with Crippen LogP contribution < -0.4 is 5.73 Å². The molecule has 1 amide bonds. The lowest BCUT2D eigenvalue weighted by molar-refractivity contribution is 0.0792. The number of nitrogens with two attached hydrogens (primary N) is 1. The second-order valence-electron chi connectivity index (χ2n) is 2.15. The maximum atomic E-state index is 10.2. The largest absolute Gasteiger partial charge is 0.465 e. The Morgan fingerprint density at radius 2 is 2.56 bits per heavy atom. The number of rotatable bonds is 1. The molecule has 1 unspecified atom stereocenters. The first-order valence-electron chi connectivity index (χ1n) is 2.95. The van der Waals surface area contributed by atoms with Gasteiger partial charge in [-0.25, -0.2) is 4.79 Å². The molecule has 4 heteroatoms. The molecule has 0 aromatic carbocycles. The van der Waals surface area contributed by atoms with Gasteiger partial charge in [-0.05, 0) is 6.42 Å². The average molecular weight is 130 g/mol. The predicted molar refractivity (Wildman–Crippen MR) is 32.2 cm³/mol. The molecule has 9 heavy (non-hydrogen) atoms. The summed E-state index contributed by atoms with van der Waals surface area (Å²) in [4.78, 5) is 11.6. The van der Waals surface area contributed by atoms with E-state index >= 15 is 0 Å². The van der Waals surface area contributed by atoms with Gasteiger partial charge >= 0.3 is 6.09 Å². The van der Waals surface area contributed by atoms with E-state index in [1.54, 1.807) is 0 Å². The van der Waals surface area contributed by atoms with Crippen molar-refractivity contribution in [2.45, 2.75) is 12.5 Å². The van der Waals surface area contributed by atoms with E-state index < -0.39 is 6.09 Å². The van der Waals surface area contributed by atoms with Crippen molar-refractivity contribution in [2.75, 3.05) is 13.1 Å². The Bertz CT molecular complexity index is 124. The molecule has 1 fully saturated rings. The number of amides is 1. The van der Waals surface area contributed by atoms with E-state index in [2.05, 4.69) is 0 Å².